The van der Waals surface area contributed by atoms with E-state index in [4.69, 9.17) is 23.7 Å². The first kappa shape index (κ1) is 27.0. The molecule has 1 aliphatic rings. The third-order valence-electron chi connectivity index (χ3n) is 6.00. The van der Waals surface area contributed by atoms with Gasteiger partial charge in [-0.15, -0.1) is 0 Å². The van der Waals surface area contributed by atoms with Gasteiger partial charge in [-0.1, -0.05) is 23.5 Å². The number of thiazole rings is 1. The zero-order valence-corrected chi connectivity index (χ0v) is 23.2. The van der Waals surface area contributed by atoms with Crippen LogP contribution in [0.15, 0.2) is 57.5 Å². The number of fused-ring (bicyclic) bond motifs is 1. The highest BCUT2D eigenvalue weighted by Crippen LogP contribution is 2.38. The number of hydrogen-bond acceptors (Lipinski definition) is 9. The van der Waals surface area contributed by atoms with Crippen molar-refractivity contribution in [1.82, 2.24) is 4.57 Å². The van der Waals surface area contributed by atoms with Crippen LogP contribution in [0.25, 0.3) is 6.08 Å². The summed E-state index contributed by atoms with van der Waals surface area (Å²) in [4.78, 5) is 32.2. The number of benzene rings is 2. The summed E-state index contributed by atoms with van der Waals surface area (Å²) in [5.74, 6) is 1.54. The number of ether oxygens (including phenoxy) is 5. The van der Waals surface area contributed by atoms with Crippen molar-refractivity contribution < 1.29 is 28.5 Å². The molecule has 0 N–H and O–H groups in total. The van der Waals surface area contributed by atoms with Gasteiger partial charge in [-0.05, 0) is 62.2 Å². The normalized spacial score (nSPS) is 15.2. The van der Waals surface area contributed by atoms with Crippen LogP contribution in [-0.2, 0) is 9.53 Å². The minimum absolute atomic E-state index is 0.286. The van der Waals surface area contributed by atoms with Crippen molar-refractivity contribution in [1.29, 1.82) is 0 Å². The zero-order chi connectivity index (χ0) is 27.6. The predicted octanol–water partition coefficient (Wildman–Crippen LogP) is 3.22. The van der Waals surface area contributed by atoms with E-state index < -0.39 is 12.0 Å². The molecule has 0 bridgehead atoms. The van der Waals surface area contributed by atoms with E-state index in [0.29, 0.717) is 49.2 Å². The molecule has 0 saturated heterocycles. The van der Waals surface area contributed by atoms with E-state index in [-0.39, 0.29) is 11.7 Å². The third kappa shape index (κ3) is 5.04. The van der Waals surface area contributed by atoms with Gasteiger partial charge in [0.2, 0.25) is 5.75 Å². The lowest BCUT2D eigenvalue weighted by Crippen LogP contribution is -2.40. The number of carbonyl (C=O) groups excluding carboxylic acids is 1. The monoisotopic (exact) mass is 538 g/mol. The Morgan fingerprint density at radius 3 is 2.16 bits per heavy atom. The van der Waals surface area contributed by atoms with Gasteiger partial charge in [0.05, 0.1) is 56.4 Å². The smallest absolute Gasteiger partial charge is 0.338 e. The highest BCUT2D eigenvalue weighted by molar-refractivity contribution is 7.07. The van der Waals surface area contributed by atoms with E-state index in [1.165, 1.54) is 32.7 Å². The first-order valence-corrected chi connectivity index (χ1v) is 12.7. The lowest BCUT2D eigenvalue weighted by atomic mass is 9.96. The predicted molar refractivity (Wildman–Crippen MR) is 144 cm³/mol. The minimum atomic E-state index is -0.717. The first-order valence-electron chi connectivity index (χ1n) is 11.9. The Balaban J connectivity index is 1.93. The van der Waals surface area contributed by atoms with E-state index in [1.807, 2.05) is 12.1 Å². The van der Waals surface area contributed by atoms with Gasteiger partial charge in [0.15, 0.2) is 16.3 Å². The Morgan fingerprint density at radius 2 is 1.63 bits per heavy atom. The third-order valence-corrected chi connectivity index (χ3v) is 6.98. The second-order valence-electron chi connectivity index (χ2n) is 8.77. The van der Waals surface area contributed by atoms with Crippen LogP contribution in [0.2, 0.25) is 0 Å². The average molecular weight is 539 g/mol. The Hall–Kier alpha value is -4.05. The van der Waals surface area contributed by atoms with Gasteiger partial charge in [-0.25, -0.2) is 9.79 Å². The molecule has 0 fully saturated rings. The number of nitrogens with zero attached hydrogens (tertiary/aromatic N) is 2. The summed E-state index contributed by atoms with van der Waals surface area (Å²) in [6.07, 6.45) is 1.41. The molecular formula is C28H30N2O7S. The van der Waals surface area contributed by atoms with Crippen LogP contribution in [-0.4, -0.2) is 45.1 Å². The fraction of sp³-hybridized carbons (Fsp3) is 0.321. The van der Waals surface area contributed by atoms with Crippen molar-refractivity contribution in [3.8, 4) is 23.0 Å². The van der Waals surface area contributed by atoms with Crippen molar-refractivity contribution in [2.24, 2.45) is 4.99 Å². The number of esters is 1. The van der Waals surface area contributed by atoms with Crippen LogP contribution in [0.1, 0.15) is 37.9 Å². The summed E-state index contributed by atoms with van der Waals surface area (Å²) in [5.41, 5.74) is 1.94. The van der Waals surface area contributed by atoms with Gasteiger partial charge in [0.1, 0.15) is 5.75 Å². The Morgan fingerprint density at radius 1 is 1.00 bits per heavy atom. The molecular weight excluding hydrogens is 508 g/mol. The number of carbonyl (C=O) groups is 1. The molecule has 38 heavy (non-hydrogen) atoms. The van der Waals surface area contributed by atoms with E-state index in [1.54, 1.807) is 62.8 Å². The molecule has 0 saturated carbocycles. The van der Waals surface area contributed by atoms with Crippen LogP contribution in [0.3, 0.4) is 0 Å². The van der Waals surface area contributed by atoms with Crippen LogP contribution in [0, 0.1) is 0 Å². The van der Waals surface area contributed by atoms with Crippen molar-refractivity contribution in [2.45, 2.75) is 32.9 Å². The molecule has 1 aromatic heterocycles. The van der Waals surface area contributed by atoms with Crippen molar-refractivity contribution in [3.05, 3.63) is 78.5 Å². The molecule has 10 heteroatoms. The maximum atomic E-state index is 13.8. The SMILES string of the molecule is COc1ccc([C@H]2C(C(=O)OC(C)C)=C(C)N=c3s/c(=C\c4cc(OC)c(OC)c(OC)c4)c(=O)n32)cc1. The molecule has 3 aromatic rings. The quantitative estimate of drug-likeness (QED) is 0.406. The molecule has 200 valence electrons. The van der Waals surface area contributed by atoms with E-state index in [2.05, 4.69) is 4.99 Å². The summed E-state index contributed by atoms with van der Waals surface area (Å²) in [6.45, 7) is 5.31. The molecule has 0 aliphatic carbocycles. The Kier molecular flexibility index (Phi) is 7.91. The molecule has 2 heterocycles. The number of hydrogen-bond donors (Lipinski definition) is 0. The van der Waals surface area contributed by atoms with Crippen LogP contribution < -0.4 is 33.8 Å². The largest absolute Gasteiger partial charge is 0.497 e. The van der Waals surface area contributed by atoms with Gasteiger partial charge in [0, 0.05) is 0 Å². The maximum absolute atomic E-state index is 13.8. The summed E-state index contributed by atoms with van der Waals surface area (Å²) in [7, 11) is 6.17. The minimum Gasteiger partial charge on any atom is -0.497 e. The van der Waals surface area contributed by atoms with Crippen LogP contribution >= 0.6 is 11.3 Å². The highest BCUT2D eigenvalue weighted by atomic mass is 32.1. The number of rotatable bonds is 8. The molecule has 9 nitrogen and oxygen atoms in total. The fourth-order valence-corrected chi connectivity index (χ4v) is 5.34. The molecule has 0 amide bonds. The summed E-state index contributed by atoms with van der Waals surface area (Å²) in [6, 6.07) is 10.1. The Labute approximate surface area is 224 Å². The molecule has 4 rings (SSSR count). The van der Waals surface area contributed by atoms with E-state index >= 15 is 0 Å². The number of methoxy groups -OCH3 is 4. The lowest BCUT2D eigenvalue weighted by Gasteiger charge is -2.25. The molecule has 0 spiro atoms. The fourth-order valence-electron chi connectivity index (χ4n) is 4.30. The van der Waals surface area contributed by atoms with Crippen molar-refractivity contribution in [3.63, 3.8) is 0 Å². The maximum Gasteiger partial charge on any atom is 0.338 e. The summed E-state index contributed by atoms with van der Waals surface area (Å²) < 4.78 is 29.1. The first-order chi connectivity index (χ1) is 18.2. The second kappa shape index (κ2) is 11.1. The average Bonchev–Trinajstić information content (AvgIpc) is 3.20. The molecule has 2 aromatic carbocycles. The molecule has 0 radical (unpaired) electrons. The lowest BCUT2D eigenvalue weighted by molar-refractivity contribution is -0.143. The molecule has 1 atom stereocenters. The van der Waals surface area contributed by atoms with Gasteiger partial charge >= 0.3 is 5.97 Å². The summed E-state index contributed by atoms with van der Waals surface area (Å²) >= 11 is 1.24. The van der Waals surface area contributed by atoms with Crippen molar-refractivity contribution >= 4 is 23.4 Å². The van der Waals surface area contributed by atoms with E-state index in [9.17, 15) is 9.59 Å². The number of allylic oxidation sites excluding steroid dienone is 1. The van der Waals surface area contributed by atoms with Crippen molar-refractivity contribution in [2.75, 3.05) is 28.4 Å². The van der Waals surface area contributed by atoms with Gasteiger partial charge < -0.3 is 23.7 Å². The number of aromatic nitrogens is 1. The highest BCUT2D eigenvalue weighted by Gasteiger charge is 2.33. The van der Waals surface area contributed by atoms with Gasteiger partial charge in [-0.3, -0.25) is 9.36 Å². The summed E-state index contributed by atoms with van der Waals surface area (Å²) in [5, 5.41) is 0. The van der Waals surface area contributed by atoms with E-state index in [0.717, 1.165) is 5.56 Å². The van der Waals surface area contributed by atoms with Crippen LogP contribution in [0.5, 0.6) is 23.0 Å². The molecule has 1 aliphatic heterocycles. The Bertz CT molecular complexity index is 1540. The molecule has 0 unspecified atom stereocenters. The van der Waals surface area contributed by atoms with Gasteiger partial charge in [0.25, 0.3) is 5.56 Å². The zero-order valence-electron chi connectivity index (χ0n) is 22.4. The van der Waals surface area contributed by atoms with Crippen LogP contribution in [0.4, 0.5) is 0 Å². The second-order valence-corrected chi connectivity index (χ2v) is 9.78. The standard InChI is InChI=1S/C28H30N2O7S/c1-15(2)37-27(32)23-16(3)29-28-30(24(23)18-8-10-19(33-4)11-9-18)26(31)22(38-28)14-17-12-20(34-5)25(36-7)21(13-17)35-6/h8-15,24H,1-7H3/b22-14-/t24-/m0/s1. The topological polar surface area (TPSA) is 97.6 Å². The van der Waals surface area contributed by atoms with Gasteiger partial charge in [-0.2, -0.15) is 0 Å².